The Kier molecular flexibility index (Phi) is 6.03. The molecular formula is C16H12F6N2O3. The molecule has 2 N–H and O–H groups in total. The zero-order valence-corrected chi connectivity index (χ0v) is 13.3. The van der Waals surface area contributed by atoms with Crippen molar-refractivity contribution in [1.82, 2.24) is 5.32 Å². The van der Waals surface area contributed by atoms with Gasteiger partial charge in [-0.2, -0.15) is 0 Å². The minimum Gasteiger partial charge on any atom is -0.406 e. The van der Waals surface area contributed by atoms with E-state index in [2.05, 4.69) is 20.1 Å². The molecular weight excluding hydrogens is 382 g/mol. The fourth-order valence-electron chi connectivity index (χ4n) is 1.99. The monoisotopic (exact) mass is 394 g/mol. The molecule has 0 aliphatic heterocycles. The first-order valence-electron chi connectivity index (χ1n) is 7.26. The summed E-state index contributed by atoms with van der Waals surface area (Å²) in [6, 6.07) is 8.88. The summed E-state index contributed by atoms with van der Waals surface area (Å²) in [6.45, 7) is -0.191. The Morgan fingerprint density at radius 3 is 2.22 bits per heavy atom. The largest absolute Gasteiger partial charge is 0.573 e. The molecule has 2 amide bonds. The quantitative estimate of drug-likeness (QED) is 0.716. The average Bonchev–Trinajstić information content (AvgIpc) is 2.52. The number of nitrogens with one attached hydrogen (secondary N) is 2. The molecule has 0 saturated heterocycles. The van der Waals surface area contributed by atoms with Gasteiger partial charge in [-0.1, -0.05) is 24.3 Å². The molecule has 146 valence electrons. The van der Waals surface area contributed by atoms with Gasteiger partial charge in [0.25, 0.3) is 0 Å². The van der Waals surface area contributed by atoms with E-state index in [9.17, 15) is 31.1 Å². The molecule has 0 atom stereocenters. The second-order valence-electron chi connectivity index (χ2n) is 5.05. The summed E-state index contributed by atoms with van der Waals surface area (Å²) >= 11 is 0. The molecule has 2 aromatic rings. The Morgan fingerprint density at radius 2 is 1.56 bits per heavy atom. The maximum Gasteiger partial charge on any atom is 0.573 e. The number of benzene rings is 2. The lowest BCUT2D eigenvalue weighted by Gasteiger charge is -2.14. The van der Waals surface area contributed by atoms with Crippen LogP contribution in [-0.4, -0.2) is 18.8 Å². The number of carbonyl (C=O) groups is 1. The van der Waals surface area contributed by atoms with Crippen molar-refractivity contribution in [1.29, 1.82) is 0 Å². The molecule has 0 radical (unpaired) electrons. The summed E-state index contributed by atoms with van der Waals surface area (Å²) in [5.74, 6) is -1.08. The van der Waals surface area contributed by atoms with E-state index in [4.69, 9.17) is 0 Å². The maximum absolute atomic E-state index is 12.3. The highest BCUT2D eigenvalue weighted by molar-refractivity contribution is 5.90. The summed E-state index contributed by atoms with van der Waals surface area (Å²) in [4.78, 5) is 11.8. The van der Waals surface area contributed by atoms with E-state index in [-0.39, 0.29) is 17.8 Å². The van der Waals surface area contributed by atoms with Gasteiger partial charge in [0.2, 0.25) is 0 Å². The standard InChI is InChI=1S/C16H12F6N2O3/c17-15(18,19)26-11-5-3-4-10(8-11)9-23-14(25)24-12-6-1-2-7-13(12)27-16(20,21)22/h1-8H,9H2,(H2,23,24,25). The number of ether oxygens (including phenoxy) is 2. The molecule has 0 aliphatic rings. The number of anilines is 1. The summed E-state index contributed by atoms with van der Waals surface area (Å²) in [5.41, 5.74) is 0.0493. The molecule has 0 bridgehead atoms. The van der Waals surface area contributed by atoms with Crippen molar-refractivity contribution in [2.24, 2.45) is 0 Å². The van der Waals surface area contributed by atoms with Crippen LogP contribution in [0.4, 0.5) is 36.8 Å². The molecule has 2 rings (SSSR count). The van der Waals surface area contributed by atoms with Gasteiger partial charge in [-0.25, -0.2) is 4.79 Å². The minimum atomic E-state index is -4.94. The van der Waals surface area contributed by atoms with Crippen molar-refractivity contribution in [3.63, 3.8) is 0 Å². The molecule has 2 aromatic carbocycles. The van der Waals surface area contributed by atoms with Crippen LogP contribution in [0.15, 0.2) is 48.5 Å². The van der Waals surface area contributed by atoms with Crippen LogP contribution in [0.2, 0.25) is 0 Å². The van der Waals surface area contributed by atoms with Crippen molar-refractivity contribution in [3.05, 3.63) is 54.1 Å². The lowest BCUT2D eigenvalue weighted by atomic mass is 10.2. The number of rotatable bonds is 5. The van der Waals surface area contributed by atoms with Crippen molar-refractivity contribution in [3.8, 4) is 11.5 Å². The highest BCUT2D eigenvalue weighted by Crippen LogP contribution is 2.29. The predicted molar refractivity (Wildman–Crippen MR) is 82.1 cm³/mol. The first-order chi connectivity index (χ1) is 12.5. The van der Waals surface area contributed by atoms with Crippen LogP contribution < -0.4 is 20.1 Å². The Balaban J connectivity index is 1.97. The van der Waals surface area contributed by atoms with Gasteiger partial charge in [0.15, 0.2) is 5.75 Å². The lowest BCUT2D eigenvalue weighted by molar-refractivity contribution is -0.275. The van der Waals surface area contributed by atoms with E-state index in [1.807, 2.05) is 0 Å². The van der Waals surface area contributed by atoms with Crippen LogP contribution in [0.25, 0.3) is 0 Å². The Labute approximate surface area is 148 Å². The first-order valence-corrected chi connectivity index (χ1v) is 7.26. The summed E-state index contributed by atoms with van der Waals surface area (Å²) in [5, 5.41) is 4.47. The average molecular weight is 394 g/mol. The SMILES string of the molecule is O=C(NCc1cccc(OC(F)(F)F)c1)Nc1ccccc1OC(F)(F)F. The minimum absolute atomic E-state index is 0.191. The van der Waals surface area contributed by atoms with Gasteiger partial charge >= 0.3 is 18.8 Å². The van der Waals surface area contributed by atoms with Gasteiger partial charge in [0, 0.05) is 6.54 Å². The predicted octanol–water partition coefficient (Wildman–Crippen LogP) is 4.81. The van der Waals surface area contributed by atoms with Gasteiger partial charge in [-0.05, 0) is 29.8 Å². The van der Waals surface area contributed by atoms with Gasteiger partial charge < -0.3 is 20.1 Å². The normalized spacial score (nSPS) is 11.6. The number of hydrogen-bond acceptors (Lipinski definition) is 3. The van der Waals surface area contributed by atoms with Crippen molar-refractivity contribution >= 4 is 11.7 Å². The number of carbonyl (C=O) groups excluding carboxylic acids is 1. The molecule has 0 aromatic heterocycles. The third-order valence-corrected chi connectivity index (χ3v) is 2.95. The Morgan fingerprint density at radius 1 is 0.889 bits per heavy atom. The molecule has 27 heavy (non-hydrogen) atoms. The number of hydrogen-bond donors (Lipinski definition) is 2. The number of urea groups is 1. The van der Waals surface area contributed by atoms with E-state index < -0.39 is 30.3 Å². The summed E-state index contributed by atoms with van der Waals surface area (Å²) in [6.07, 6.45) is -9.79. The van der Waals surface area contributed by atoms with E-state index >= 15 is 0 Å². The van der Waals surface area contributed by atoms with Crippen LogP contribution >= 0.6 is 0 Å². The van der Waals surface area contributed by atoms with Gasteiger partial charge in [0.1, 0.15) is 5.75 Å². The molecule has 0 fully saturated rings. The lowest BCUT2D eigenvalue weighted by Crippen LogP contribution is -2.29. The van der Waals surface area contributed by atoms with Crippen molar-refractivity contribution in [2.75, 3.05) is 5.32 Å². The smallest absolute Gasteiger partial charge is 0.406 e. The zero-order valence-electron chi connectivity index (χ0n) is 13.3. The third kappa shape index (κ3) is 7.34. The van der Waals surface area contributed by atoms with E-state index in [0.717, 1.165) is 18.2 Å². The molecule has 0 aliphatic carbocycles. The fourth-order valence-corrected chi connectivity index (χ4v) is 1.99. The van der Waals surface area contributed by atoms with E-state index in [1.165, 1.54) is 30.3 Å². The number of para-hydroxylation sites is 2. The summed E-state index contributed by atoms with van der Waals surface area (Å²) < 4.78 is 81.1. The van der Waals surface area contributed by atoms with Crippen LogP contribution in [0.3, 0.4) is 0 Å². The molecule has 0 saturated carbocycles. The van der Waals surface area contributed by atoms with Gasteiger partial charge in [-0.3, -0.25) is 0 Å². The fraction of sp³-hybridized carbons (Fsp3) is 0.188. The molecule has 0 spiro atoms. The molecule has 11 heteroatoms. The number of halogens is 6. The van der Waals surface area contributed by atoms with Crippen molar-refractivity contribution in [2.45, 2.75) is 19.3 Å². The van der Waals surface area contributed by atoms with Crippen LogP contribution in [-0.2, 0) is 6.54 Å². The number of amides is 2. The van der Waals surface area contributed by atoms with Gasteiger partial charge in [0.05, 0.1) is 5.69 Å². The zero-order chi connectivity index (χ0) is 20.1. The van der Waals surface area contributed by atoms with Crippen LogP contribution in [0.1, 0.15) is 5.56 Å². The summed E-state index contributed by atoms with van der Waals surface area (Å²) in [7, 11) is 0. The number of alkyl halides is 6. The molecule has 0 heterocycles. The highest BCUT2D eigenvalue weighted by Gasteiger charge is 2.32. The third-order valence-electron chi connectivity index (χ3n) is 2.95. The van der Waals surface area contributed by atoms with Crippen LogP contribution in [0.5, 0.6) is 11.5 Å². The Hall–Kier alpha value is -3.11. The highest BCUT2D eigenvalue weighted by atomic mass is 19.4. The molecule has 0 unspecified atom stereocenters. The van der Waals surface area contributed by atoms with E-state index in [0.29, 0.717) is 0 Å². The van der Waals surface area contributed by atoms with Gasteiger partial charge in [-0.15, -0.1) is 26.3 Å². The second kappa shape index (κ2) is 8.06. The second-order valence-corrected chi connectivity index (χ2v) is 5.05. The first kappa shape index (κ1) is 20.2. The molecule has 5 nitrogen and oxygen atoms in total. The Bertz CT molecular complexity index is 792. The topological polar surface area (TPSA) is 59.6 Å². The van der Waals surface area contributed by atoms with Crippen molar-refractivity contribution < 1.29 is 40.6 Å². The maximum atomic E-state index is 12.3. The van der Waals surface area contributed by atoms with Crippen LogP contribution in [0, 0.1) is 0 Å². The van der Waals surface area contributed by atoms with E-state index in [1.54, 1.807) is 0 Å².